The van der Waals surface area contributed by atoms with Gasteiger partial charge in [-0.2, -0.15) is 0 Å². The first-order valence-electron chi connectivity index (χ1n) is 3.38. The van der Waals surface area contributed by atoms with E-state index in [2.05, 4.69) is 6.42 Å². The summed E-state index contributed by atoms with van der Waals surface area (Å²) in [5.74, 6) is 1.75. The summed E-state index contributed by atoms with van der Waals surface area (Å²) in [7, 11) is 0. The Morgan fingerprint density at radius 2 is 2.11 bits per heavy atom. The lowest BCUT2D eigenvalue weighted by atomic mass is 10.4. The number of nitrogens with zero attached hydrogens (tertiary/aromatic N) is 1. The molecule has 0 N–H and O–H groups in total. The molecule has 2 aliphatic rings. The normalized spacial score (nSPS) is 38.6. The highest BCUT2D eigenvalue weighted by atomic mass is 16.2. The highest BCUT2D eigenvalue weighted by molar-refractivity contribution is 5.74. The maximum atomic E-state index is 10.7. The zero-order valence-corrected chi connectivity index (χ0v) is 5.50. The third kappa shape index (κ3) is 0.732. The molecule has 1 amide bonds. The van der Waals surface area contributed by atoms with E-state index in [4.69, 9.17) is 0 Å². The lowest BCUT2D eigenvalue weighted by Crippen LogP contribution is -2.27. The topological polar surface area (TPSA) is 20.3 Å². The molecule has 1 saturated heterocycles. The minimum absolute atomic E-state index is 0.232. The van der Waals surface area contributed by atoms with Crippen LogP contribution in [0.2, 0.25) is 0 Å². The number of hydrogen-bond acceptors (Lipinski definition) is 1. The van der Waals surface area contributed by atoms with Gasteiger partial charge < -0.3 is 4.90 Å². The second-order valence-electron chi connectivity index (χ2n) is 2.94. The van der Waals surface area contributed by atoms with Gasteiger partial charge in [0.1, 0.15) is 0 Å². The number of amides is 1. The molecule has 2 nitrogen and oxygen atoms in total. The van der Waals surface area contributed by atoms with Gasteiger partial charge in [-0.05, 0) is 18.3 Å². The van der Waals surface area contributed by atoms with Gasteiger partial charge in [0, 0.05) is 20.0 Å². The van der Waals surface area contributed by atoms with E-state index in [0.29, 0.717) is 0 Å². The Morgan fingerprint density at radius 1 is 1.56 bits per heavy atom. The van der Waals surface area contributed by atoms with Crippen molar-refractivity contribution in [1.82, 2.24) is 4.90 Å². The average molecular weight is 124 g/mol. The fourth-order valence-electron chi connectivity index (χ4n) is 1.49. The zero-order valence-electron chi connectivity index (χ0n) is 5.50. The molecule has 2 unspecified atom stereocenters. The van der Waals surface area contributed by atoms with Crippen LogP contribution in [-0.4, -0.2) is 23.9 Å². The Kier molecular flexibility index (Phi) is 0.875. The first kappa shape index (κ1) is 5.27. The third-order valence-electron chi connectivity index (χ3n) is 2.21. The number of carbonyl (C=O) groups excluding carboxylic acids is 1. The number of carbonyl (C=O) groups is 1. The van der Waals surface area contributed by atoms with Crippen LogP contribution in [0, 0.1) is 18.3 Å². The van der Waals surface area contributed by atoms with E-state index in [9.17, 15) is 4.79 Å². The third-order valence-corrected chi connectivity index (χ3v) is 2.21. The molecule has 0 spiro atoms. The zero-order chi connectivity index (χ0) is 6.43. The van der Waals surface area contributed by atoms with Crippen LogP contribution in [0.1, 0.15) is 6.92 Å². The minimum atomic E-state index is 0.232. The number of fused-ring (bicyclic) bond motifs is 1. The van der Waals surface area contributed by atoms with E-state index in [1.54, 1.807) is 6.92 Å². The van der Waals surface area contributed by atoms with E-state index in [1.165, 1.54) is 0 Å². The van der Waals surface area contributed by atoms with Crippen molar-refractivity contribution in [2.75, 3.05) is 13.1 Å². The predicted octanol–water partition coefficient (Wildman–Crippen LogP) is 0.299. The molecule has 2 fully saturated rings. The Balaban J connectivity index is 1.97. The number of likely N-dealkylation sites (tertiary alicyclic amines) is 1. The van der Waals surface area contributed by atoms with E-state index < -0.39 is 0 Å². The number of rotatable bonds is 0. The summed E-state index contributed by atoms with van der Waals surface area (Å²) in [6.07, 6.45) is 2.32. The van der Waals surface area contributed by atoms with Crippen LogP contribution in [0.5, 0.6) is 0 Å². The Morgan fingerprint density at radius 3 is 2.44 bits per heavy atom. The van der Waals surface area contributed by atoms with Crippen molar-refractivity contribution in [2.45, 2.75) is 6.92 Å². The molecule has 0 aromatic heterocycles. The van der Waals surface area contributed by atoms with Gasteiger partial charge in [0.25, 0.3) is 0 Å². The summed E-state index contributed by atoms with van der Waals surface area (Å²) < 4.78 is 0. The molecule has 9 heavy (non-hydrogen) atoms. The van der Waals surface area contributed by atoms with Gasteiger partial charge >= 0.3 is 0 Å². The molecule has 1 radical (unpaired) electrons. The van der Waals surface area contributed by atoms with Crippen molar-refractivity contribution in [3.05, 3.63) is 6.42 Å². The summed E-state index contributed by atoms with van der Waals surface area (Å²) in [6.45, 7) is 3.62. The van der Waals surface area contributed by atoms with Crippen LogP contribution in [0.4, 0.5) is 0 Å². The molecule has 49 valence electrons. The lowest BCUT2D eigenvalue weighted by molar-refractivity contribution is -0.128. The van der Waals surface area contributed by atoms with Crippen LogP contribution in [0.3, 0.4) is 0 Å². The summed E-state index contributed by atoms with van der Waals surface area (Å²) in [5, 5.41) is 0. The van der Waals surface area contributed by atoms with E-state index >= 15 is 0 Å². The standard InChI is InChI=1S/C7H10NO/c1-5(9)8-3-6-2-7(6)4-8/h2,6-7H,3-4H2,1H3. The predicted molar refractivity (Wildman–Crippen MR) is 33.5 cm³/mol. The van der Waals surface area contributed by atoms with Gasteiger partial charge in [-0.15, -0.1) is 0 Å². The Hall–Kier alpha value is -0.530. The van der Waals surface area contributed by atoms with Crippen molar-refractivity contribution in [3.63, 3.8) is 0 Å². The van der Waals surface area contributed by atoms with Crippen molar-refractivity contribution in [3.8, 4) is 0 Å². The summed E-state index contributed by atoms with van der Waals surface area (Å²) in [4.78, 5) is 12.7. The minimum Gasteiger partial charge on any atom is -0.342 e. The van der Waals surface area contributed by atoms with Crippen molar-refractivity contribution >= 4 is 5.91 Å². The second kappa shape index (κ2) is 1.49. The Labute approximate surface area is 54.8 Å². The maximum Gasteiger partial charge on any atom is 0.219 e. The highest BCUT2D eigenvalue weighted by Crippen LogP contribution is 2.43. The average Bonchev–Trinajstić information content (AvgIpc) is 2.40. The highest BCUT2D eigenvalue weighted by Gasteiger charge is 2.46. The lowest BCUT2D eigenvalue weighted by Gasteiger charge is -2.13. The first-order valence-corrected chi connectivity index (χ1v) is 3.38. The van der Waals surface area contributed by atoms with Gasteiger partial charge in [-0.25, -0.2) is 0 Å². The first-order chi connectivity index (χ1) is 4.27. The summed E-state index contributed by atoms with van der Waals surface area (Å²) in [5.41, 5.74) is 0. The molecule has 1 saturated carbocycles. The van der Waals surface area contributed by atoms with Crippen molar-refractivity contribution in [1.29, 1.82) is 0 Å². The van der Waals surface area contributed by atoms with Crippen molar-refractivity contribution in [2.24, 2.45) is 11.8 Å². The van der Waals surface area contributed by atoms with Gasteiger partial charge in [0.15, 0.2) is 0 Å². The Bertz CT molecular complexity index is 145. The molecule has 2 heteroatoms. The van der Waals surface area contributed by atoms with Gasteiger partial charge in [0.2, 0.25) is 5.91 Å². The number of piperidine rings is 1. The van der Waals surface area contributed by atoms with E-state index in [1.807, 2.05) is 4.90 Å². The smallest absolute Gasteiger partial charge is 0.219 e. The van der Waals surface area contributed by atoms with Crippen LogP contribution < -0.4 is 0 Å². The maximum absolute atomic E-state index is 10.7. The molecule has 0 aromatic carbocycles. The quantitative estimate of drug-likeness (QED) is 0.455. The SMILES string of the molecule is CC(=O)N1CC2[CH]C2C1. The van der Waals surface area contributed by atoms with Gasteiger partial charge in [-0.1, -0.05) is 0 Å². The fourth-order valence-corrected chi connectivity index (χ4v) is 1.49. The van der Waals surface area contributed by atoms with Crippen LogP contribution in [0.15, 0.2) is 0 Å². The molecule has 1 aliphatic carbocycles. The van der Waals surface area contributed by atoms with Crippen LogP contribution >= 0.6 is 0 Å². The summed E-state index contributed by atoms with van der Waals surface area (Å²) >= 11 is 0. The second-order valence-corrected chi connectivity index (χ2v) is 2.94. The number of hydrogen-bond donors (Lipinski definition) is 0. The van der Waals surface area contributed by atoms with E-state index in [-0.39, 0.29) is 5.91 Å². The molecule has 1 aliphatic heterocycles. The van der Waals surface area contributed by atoms with Crippen LogP contribution in [-0.2, 0) is 4.79 Å². The van der Waals surface area contributed by atoms with Crippen LogP contribution in [0.25, 0.3) is 0 Å². The molecular weight excluding hydrogens is 114 g/mol. The monoisotopic (exact) mass is 124 g/mol. The molecule has 2 atom stereocenters. The summed E-state index contributed by atoms with van der Waals surface area (Å²) in [6, 6.07) is 0. The van der Waals surface area contributed by atoms with Gasteiger partial charge in [-0.3, -0.25) is 4.79 Å². The molecular formula is C7H10NO. The fraction of sp³-hybridized carbons (Fsp3) is 0.714. The molecule has 2 rings (SSSR count). The van der Waals surface area contributed by atoms with Gasteiger partial charge in [0.05, 0.1) is 0 Å². The van der Waals surface area contributed by atoms with Crippen molar-refractivity contribution < 1.29 is 4.79 Å². The van der Waals surface area contributed by atoms with E-state index in [0.717, 1.165) is 24.9 Å². The molecule has 0 aromatic rings. The largest absolute Gasteiger partial charge is 0.342 e. The molecule has 0 bridgehead atoms. The molecule has 1 heterocycles.